The molecule has 0 aliphatic carbocycles. The lowest BCUT2D eigenvalue weighted by Crippen LogP contribution is -2.22. The minimum Gasteiger partial charge on any atom is -0.493 e. The van der Waals surface area contributed by atoms with Gasteiger partial charge in [0.1, 0.15) is 11.3 Å². The third-order valence-electron chi connectivity index (χ3n) is 2.44. The molecule has 0 N–H and O–H groups in total. The fourth-order valence-corrected chi connectivity index (χ4v) is 2.35. The van der Waals surface area contributed by atoms with Crippen LogP contribution in [0.2, 0.25) is 0 Å². The molecule has 0 bridgehead atoms. The van der Waals surface area contributed by atoms with Crippen LogP contribution in [0.1, 0.15) is 17.3 Å². The molecular formula is C12H17NO5S. The first-order valence-electron chi connectivity index (χ1n) is 5.62. The highest BCUT2D eigenvalue weighted by atomic mass is 32.2. The first kappa shape index (κ1) is 15.5. The van der Waals surface area contributed by atoms with Crippen molar-refractivity contribution in [3.8, 4) is 5.75 Å². The van der Waals surface area contributed by atoms with Gasteiger partial charge in [0.15, 0.2) is 0 Å². The summed E-state index contributed by atoms with van der Waals surface area (Å²) in [5.41, 5.74) is 0.196. The molecule has 7 heteroatoms. The fraction of sp³-hybridized carbons (Fsp3) is 0.417. The van der Waals surface area contributed by atoms with Gasteiger partial charge >= 0.3 is 5.97 Å². The third kappa shape index (κ3) is 3.24. The van der Waals surface area contributed by atoms with E-state index in [0.717, 1.165) is 4.31 Å². The van der Waals surface area contributed by atoms with Gasteiger partial charge in [0.2, 0.25) is 10.0 Å². The molecule has 0 unspecified atom stereocenters. The lowest BCUT2D eigenvalue weighted by atomic mass is 10.2. The SMILES string of the molecule is CCOc1cc(S(=O)(=O)N(C)C)ccc1C(=O)OC. The fourth-order valence-electron chi connectivity index (χ4n) is 1.43. The van der Waals surface area contributed by atoms with Crippen LogP contribution >= 0.6 is 0 Å². The lowest BCUT2D eigenvalue weighted by molar-refractivity contribution is 0.0596. The van der Waals surface area contributed by atoms with Gasteiger partial charge in [-0.2, -0.15) is 0 Å². The first-order valence-corrected chi connectivity index (χ1v) is 7.06. The van der Waals surface area contributed by atoms with Crippen LogP contribution in [0.15, 0.2) is 23.1 Å². The van der Waals surface area contributed by atoms with Crippen LogP contribution in [0.3, 0.4) is 0 Å². The van der Waals surface area contributed by atoms with E-state index in [0.29, 0.717) is 6.61 Å². The third-order valence-corrected chi connectivity index (χ3v) is 4.25. The van der Waals surface area contributed by atoms with E-state index < -0.39 is 16.0 Å². The van der Waals surface area contributed by atoms with Gasteiger partial charge in [-0.05, 0) is 19.1 Å². The van der Waals surface area contributed by atoms with Crippen molar-refractivity contribution in [2.45, 2.75) is 11.8 Å². The van der Waals surface area contributed by atoms with Crippen LogP contribution < -0.4 is 4.74 Å². The monoisotopic (exact) mass is 287 g/mol. The van der Waals surface area contributed by atoms with E-state index in [2.05, 4.69) is 4.74 Å². The molecule has 0 amide bonds. The summed E-state index contributed by atoms with van der Waals surface area (Å²) in [6.07, 6.45) is 0. The van der Waals surface area contributed by atoms with E-state index in [9.17, 15) is 13.2 Å². The predicted octanol–water partition coefficient (Wildman–Crippen LogP) is 1.12. The van der Waals surface area contributed by atoms with Crippen LogP contribution in [-0.2, 0) is 14.8 Å². The zero-order valence-corrected chi connectivity index (χ0v) is 12.2. The normalized spacial score (nSPS) is 11.4. The highest BCUT2D eigenvalue weighted by molar-refractivity contribution is 7.89. The standard InChI is InChI=1S/C12H17NO5S/c1-5-18-11-8-9(19(15,16)13(2)3)6-7-10(11)12(14)17-4/h6-8H,5H2,1-4H3. The van der Waals surface area contributed by atoms with E-state index in [1.54, 1.807) is 6.92 Å². The number of esters is 1. The predicted molar refractivity (Wildman–Crippen MR) is 69.8 cm³/mol. The number of benzene rings is 1. The minimum absolute atomic E-state index is 0.0635. The number of hydrogen-bond donors (Lipinski definition) is 0. The average Bonchev–Trinajstić information content (AvgIpc) is 2.38. The van der Waals surface area contributed by atoms with Gasteiger partial charge in [-0.25, -0.2) is 17.5 Å². The minimum atomic E-state index is -3.57. The van der Waals surface area contributed by atoms with Crippen molar-refractivity contribution in [2.24, 2.45) is 0 Å². The molecule has 0 atom stereocenters. The zero-order chi connectivity index (χ0) is 14.6. The summed E-state index contributed by atoms with van der Waals surface area (Å²) in [4.78, 5) is 11.6. The molecule has 6 nitrogen and oxygen atoms in total. The quantitative estimate of drug-likeness (QED) is 0.759. The van der Waals surface area contributed by atoms with Crippen molar-refractivity contribution in [1.29, 1.82) is 0 Å². The van der Waals surface area contributed by atoms with Crippen molar-refractivity contribution in [2.75, 3.05) is 27.8 Å². The first-order chi connectivity index (χ1) is 8.84. The highest BCUT2D eigenvalue weighted by Crippen LogP contribution is 2.25. The summed E-state index contributed by atoms with van der Waals surface area (Å²) < 4.78 is 35.0. The van der Waals surface area contributed by atoms with Crippen LogP contribution in [0.5, 0.6) is 5.75 Å². The Hall–Kier alpha value is -1.60. The summed E-state index contributed by atoms with van der Waals surface area (Å²) >= 11 is 0. The van der Waals surface area contributed by atoms with Gasteiger partial charge in [-0.1, -0.05) is 0 Å². The van der Waals surface area contributed by atoms with Crippen molar-refractivity contribution >= 4 is 16.0 Å². The molecule has 0 saturated carbocycles. The van der Waals surface area contributed by atoms with E-state index in [-0.39, 0.29) is 16.2 Å². The maximum Gasteiger partial charge on any atom is 0.341 e. The number of ether oxygens (including phenoxy) is 2. The Bertz CT molecular complexity index is 565. The highest BCUT2D eigenvalue weighted by Gasteiger charge is 2.21. The Morgan fingerprint density at radius 3 is 2.42 bits per heavy atom. The van der Waals surface area contributed by atoms with E-state index in [4.69, 9.17) is 4.74 Å². The lowest BCUT2D eigenvalue weighted by Gasteiger charge is -2.14. The van der Waals surface area contributed by atoms with Crippen molar-refractivity contribution in [1.82, 2.24) is 4.31 Å². The van der Waals surface area contributed by atoms with Gasteiger partial charge in [-0.3, -0.25) is 0 Å². The molecule has 0 heterocycles. The van der Waals surface area contributed by atoms with Crippen molar-refractivity contribution in [3.05, 3.63) is 23.8 Å². The molecule has 0 aliphatic rings. The zero-order valence-electron chi connectivity index (χ0n) is 11.3. The molecule has 19 heavy (non-hydrogen) atoms. The molecule has 0 aliphatic heterocycles. The van der Waals surface area contributed by atoms with Gasteiger partial charge < -0.3 is 9.47 Å². The molecule has 0 aromatic heterocycles. The van der Waals surface area contributed by atoms with Gasteiger partial charge in [0.25, 0.3) is 0 Å². The maximum atomic E-state index is 12.0. The summed E-state index contributed by atoms with van der Waals surface area (Å²) in [7, 11) is 0.556. The second-order valence-electron chi connectivity index (χ2n) is 3.87. The number of hydrogen-bond acceptors (Lipinski definition) is 5. The number of nitrogens with zero attached hydrogens (tertiary/aromatic N) is 1. The van der Waals surface area contributed by atoms with Gasteiger partial charge in [0.05, 0.1) is 18.6 Å². The molecule has 1 aromatic rings. The summed E-state index contributed by atoms with van der Waals surface area (Å²) in [5, 5.41) is 0. The topological polar surface area (TPSA) is 72.9 Å². The second-order valence-corrected chi connectivity index (χ2v) is 6.02. The molecule has 0 spiro atoms. The Morgan fingerprint density at radius 1 is 1.32 bits per heavy atom. The number of carbonyl (C=O) groups excluding carboxylic acids is 1. The molecule has 106 valence electrons. The van der Waals surface area contributed by atoms with E-state index in [1.807, 2.05) is 0 Å². The number of rotatable bonds is 5. The summed E-state index contributed by atoms with van der Waals surface area (Å²) in [6, 6.07) is 4.06. The molecule has 0 saturated heterocycles. The number of carbonyl (C=O) groups is 1. The summed E-state index contributed by atoms with van der Waals surface area (Å²) in [5.74, 6) is -0.380. The molecule has 1 aromatic carbocycles. The van der Waals surface area contributed by atoms with Crippen molar-refractivity contribution < 1.29 is 22.7 Å². The second kappa shape index (κ2) is 6.03. The van der Waals surface area contributed by atoms with Gasteiger partial charge in [0, 0.05) is 20.2 Å². The molecule has 1 rings (SSSR count). The van der Waals surface area contributed by atoms with E-state index >= 15 is 0 Å². The molecule has 0 fully saturated rings. The Morgan fingerprint density at radius 2 is 1.95 bits per heavy atom. The van der Waals surface area contributed by atoms with Crippen LogP contribution in [0.25, 0.3) is 0 Å². The average molecular weight is 287 g/mol. The molecular weight excluding hydrogens is 270 g/mol. The summed E-state index contributed by atoms with van der Waals surface area (Å²) in [6.45, 7) is 2.06. The van der Waals surface area contributed by atoms with E-state index in [1.165, 1.54) is 39.4 Å². The smallest absolute Gasteiger partial charge is 0.341 e. The Kier molecular flexibility index (Phi) is 4.90. The molecule has 0 radical (unpaired) electrons. The number of methoxy groups -OCH3 is 1. The van der Waals surface area contributed by atoms with Crippen molar-refractivity contribution in [3.63, 3.8) is 0 Å². The van der Waals surface area contributed by atoms with Gasteiger partial charge in [-0.15, -0.1) is 0 Å². The maximum absolute atomic E-state index is 12.0. The Balaban J connectivity index is 3.35. The largest absolute Gasteiger partial charge is 0.493 e. The van der Waals surface area contributed by atoms with Crippen LogP contribution in [0.4, 0.5) is 0 Å². The number of sulfonamides is 1. The van der Waals surface area contributed by atoms with Crippen LogP contribution in [0, 0.1) is 0 Å². The van der Waals surface area contributed by atoms with Crippen LogP contribution in [-0.4, -0.2) is 46.5 Å². The Labute approximate surface area is 113 Å².